The van der Waals surface area contributed by atoms with E-state index in [4.69, 9.17) is 4.74 Å². The lowest BCUT2D eigenvalue weighted by atomic mass is 9.95. The van der Waals surface area contributed by atoms with Gasteiger partial charge in [0, 0.05) is 17.3 Å². The quantitative estimate of drug-likeness (QED) is 0.425. The molecule has 132 valence electrons. The van der Waals surface area contributed by atoms with Crippen molar-refractivity contribution in [3.8, 4) is 0 Å². The highest BCUT2D eigenvalue weighted by Crippen LogP contribution is 2.40. The molecule has 0 saturated carbocycles. The van der Waals surface area contributed by atoms with E-state index in [9.17, 15) is 0 Å². The standard InChI is InChI=1S/C21H36OS/c1-8-11-19(22-7)20(12-9-2)23-21-17(15(3)4)13-10-14-18(21)16(5)6/h10,13-16,19-20H,8-9,11-12H2,1-7H3/t19-,20+/m1/s1. The van der Waals surface area contributed by atoms with Crippen molar-refractivity contribution in [2.75, 3.05) is 7.11 Å². The molecule has 1 aromatic rings. The third kappa shape index (κ3) is 5.83. The molecule has 0 fully saturated rings. The van der Waals surface area contributed by atoms with E-state index >= 15 is 0 Å². The van der Waals surface area contributed by atoms with Crippen molar-refractivity contribution in [3.63, 3.8) is 0 Å². The Bertz CT molecular complexity index is 427. The van der Waals surface area contributed by atoms with Crippen LogP contribution in [-0.2, 0) is 4.74 Å². The monoisotopic (exact) mass is 336 g/mol. The van der Waals surface area contributed by atoms with Crippen LogP contribution in [0.3, 0.4) is 0 Å². The lowest BCUT2D eigenvalue weighted by Crippen LogP contribution is -2.25. The third-order valence-electron chi connectivity index (χ3n) is 4.45. The maximum atomic E-state index is 5.86. The van der Waals surface area contributed by atoms with E-state index in [1.807, 2.05) is 7.11 Å². The maximum absolute atomic E-state index is 5.86. The van der Waals surface area contributed by atoms with Crippen LogP contribution in [-0.4, -0.2) is 18.5 Å². The van der Waals surface area contributed by atoms with Crippen molar-refractivity contribution in [1.29, 1.82) is 0 Å². The smallest absolute Gasteiger partial charge is 0.0693 e. The van der Waals surface area contributed by atoms with Gasteiger partial charge >= 0.3 is 0 Å². The summed E-state index contributed by atoms with van der Waals surface area (Å²) in [6.45, 7) is 13.7. The predicted octanol–water partition coefficient (Wildman–Crippen LogP) is 7.01. The fraction of sp³-hybridized carbons (Fsp3) is 0.714. The highest BCUT2D eigenvalue weighted by Gasteiger charge is 2.24. The number of rotatable bonds is 10. The number of hydrogen-bond acceptors (Lipinski definition) is 2. The molecule has 0 aliphatic heterocycles. The van der Waals surface area contributed by atoms with E-state index in [0.717, 1.165) is 6.42 Å². The Morgan fingerprint density at radius 2 is 1.43 bits per heavy atom. The van der Waals surface area contributed by atoms with Gasteiger partial charge in [0.05, 0.1) is 6.10 Å². The van der Waals surface area contributed by atoms with Gasteiger partial charge in [-0.3, -0.25) is 0 Å². The highest BCUT2D eigenvalue weighted by molar-refractivity contribution is 8.00. The summed E-state index contributed by atoms with van der Waals surface area (Å²) in [6.07, 6.45) is 5.11. The van der Waals surface area contributed by atoms with Gasteiger partial charge < -0.3 is 4.74 Å². The van der Waals surface area contributed by atoms with Gasteiger partial charge in [-0.15, -0.1) is 11.8 Å². The fourth-order valence-electron chi connectivity index (χ4n) is 3.12. The number of hydrogen-bond donors (Lipinski definition) is 0. The van der Waals surface area contributed by atoms with E-state index in [-0.39, 0.29) is 0 Å². The van der Waals surface area contributed by atoms with Gasteiger partial charge in [-0.2, -0.15) is 0 Å². The van der Waals surface area contributed by atoms with Gasteiger partial charge in [0.25, 0.3) is 0 Å². The summed E-state index contributed by atoms with van der Waals surface area (Å²) >= 11 is 2.07. The van der Waals surface area contributed by atoms with Crippen LogP contribution in [0.4, 0.5) is 0 Å². The summed E-state index contributed by atoms with van der Waals surface area (Å²) in [4.78, 5) is 1.51. The molecule has 0 saturated heterocycles. The van der Waals surface area contributed by atoms with Crippen molar-refractivity contribution in [1.82, 2.24) is 0 Å². The van der Waals surface area contributed by atoms with Crippen molar-refractivity contribution in [2.24, 2.45) is 0 Å². The molecular formula is C21H36OS. The topological polar surface area (TPSA) is 9.23 Å². The molecule has 0 aliphatic carbocycles. The van der Waals surface area contributed by atoms with Gasteiger partial charge in [-0.25, -0.2) is 0 Å². The summed E-state index contributed by atoms with van der Waals surface area (Å²) in [5.74, 6) is 1.12. The molecule has 2 heteroatoms. The van der Waals surface area contributed by atoms with Gasteiger partial charge in [-0.05, 0) is 35.8 Å². The van der Waals surface area contributed by atoms with Gasteiger partial charge in [-0.1, -0.05) is 72.6 Å². The number of thioether (sulfide) groups is 1. The van der Waals surface area contributed by atoms with Gasteiger partial charge in [0.2, 0.25) is 0 Å². The maximum Gasteiger partial charge on any atom is 0.0693 e. The zero-order valence-corrected chi connectivity index (χ0v) is 17.0. The minimum absolute atomic E-state index is 0.352. The van der Waals surface area contributed by atoms with Crippen molar-refractivity contribution in [3.05, 3.63) is 29.3 Å². The van der Waals surface area contributed by atoms with E-state index in [0.29, 0.717) is 23.2 Å². The van der Waals surface area contributed by atoms with E-state index in [1.54, 1.807) is 0 Å². The van der Waals surface area contributed by atoms with Crippen LogP contribution in [0.15, 0.2) is 23.1 Å². The number of methoxy groups -OCH3 is 1. The van der Waals surface area contributed by atoms with E-state index in [1.165, 1.54) is 35.3 Å². The third-order valence-corrected chi connectivity index (χ3v) is 6.00. The Hall–Kier alpha value is -0.470. The minimum Gasteiger partial charge on any atom is -0.380 e. The number of ether oxygens (including phenoxy) is 1. The lowest BCUT2D eigenvalue weighted by Gasteiger charge is -2.28. The summed E-state index contributed by atoms with van der Waals surface area (Å²) in [6, 6.07) is 6.84. The lowest BCUT2D eigenvalue weighted by molar-refractivity contribution is 0.0903. The minimum atomic E-state index is 0.352. The zero-order chi connectivity index (χ0) is 17.4. The Balaban J connectivity index is 3.20. The molecule has 0 aromatic heterocycles. The molecule has 0 spiro atoms. The number of benzene rings is 1. The molecular weight excluding hydrogens is 300 g/mol. The molecule has 1 nitrogen and oxygen atoms in total. The molecule has 0 unspecified atom stereocenters. The fourth-order valence-corrected chi connectivity index (χ4v) is 5.05. The van der Waals surface area contributed by atoms with Gasteiger partial charge in [0.15, 0.2) is 0 Å². The second kappa shape index (κ2) is 10.4. The van der Waals surface area contributed by atoms with Crippen LogP contribution in [0.25, 0.3) is 0 Å². The molecule has 1 rings (SSSR count). The summed E-state index contributed by atoms with van der Waals surface area (Å²) in [5.41, 5.74) is 2.99. The molecule has 0 amide bonds. The first-order valence-corrected chi connectivity index (χ1v) is 10.2. The van der Waals surface area contributed by atoms with Crippen molar-refractivity contribution < 1.29 is 4.74 Å². The Labute approximate surface area is 148 Å². The first-order valence-electron chi connectivity index (χ1n) is 9.28. The van der Waals surface area contributed by atoms with Crippen LogP contribution in [0.2, 0.25) is 0 Å². The summed E-state index contributed by atoms with van der Waals surface area (Å²) in [7, 11) is 1.88. The van der Waals surface area contributed by atoms with Crippen LogP contribution in [0.1, 0.15) is 90.2 Å². The first kappa shape index (κ1) is 20.6. The van der Waals surface area contributed by atoms with E-state index < -0.39 is 0 Å². The largest absolute Gasteiger partial charge is 0.380 e. The Morgan fingerprint density at radius 3 is 1.83 bits per heavy atom. The molecule has 1 aromatic carbocycles. The van der Waals surface area contributed by atoms with Gasteiger partial charge in [0.1, 0.15) is 0 Å². The second-order valence-corrected chi connectivity index (χ2v) is 8.33. The van der Waals surface area contributed by atoms with Crippen LogP contribution < -0.4 is 0 Å². The molecule has 2 atom stereocenters. The summed E-state index contributed by atoms with van der Waals surface area (Å²) < 4.78 is 5.86. The molecule has 0 aliphatic rings. The van der Waals surface area contributed by atoms with Crippen molar-refractivity contribution in [2.45, 2.75) is 95.3 Å². The second-order valence-electron chi connectivity index (χ2n) is 7.08. The average molecular weight is 337 g/mol. The molecule has 0 bridgehead atoms. The first-order chi connectivity index (χ1) is 11.0. The molecule has 0 heterocycles. The molecule has 0 radical (unpaired) electrons. The highest BCUT2D eigenvalue weighted by atomic mass is 32.2. The predicted molar refractivity (Wildman–Crippen MR) is 105 cm³/mol. The normalized spacial score (nSPS) is 14.5. The van der Waals surface area contributed by atoms with Crippen LogP contribution in [0.5, 0.6) is 0 Å². The average Bonchev–Trinajstić information content (AvgIpc) is 2.51. The van der Waals surface area contributed by atoms with Crippen LogP contribution in [0, 0.1) is 0 Å². The van der Waals surface area contributed by atoms with Crippen molar-refractivity contribution >= 4 is 11.8 Å². The molecule has 0 N–H and O–H groups in total. The SMILES string of the molecule is CCC[C@H](Sc1c(C(C)C)cccc1C(C)C)[C@@H](CCC)OC. The summed E-state index contributed by atoms with van der Waals surface area (Å²) in [5, 5.41) is 0.544. The van der Waals surface area contributed by atoms with E-state index in [2.05, 4.69) is 71.5 Å². The Morgan fingerprint density at radius 1 is 0.913 bits per heavy atom. The Kier molecular flexibility index (Phi) is 9.31. The van der Waals surface area contributed by atoms with Crippen LogP contribution >= 0.6 is 11.8 Å². The molecule has 23 heavy (non-hydrogen) atoms. The zero-order valence-electron chi connectivity index (χ0n) is 16.2.